The Morgan fingerprint density at radius 1 is 0.381 bits per heavy atom. The van der Waals surface area contributed by atoms with Crippen molar-refractivity contribution in [3.8, 4) is 33.6 Å². The van der Waals surface area contributed by atoms with Gasteiger partial charge in [-0.05, 0) is 82.2 Å². The van der Waals surface area contributed by atoms with Gasteiger partial charge in [-0.2, -0.15) is 0 Å². The lowest BCUT2D eigenvalue weighted by Crippen LogP contribution is -1.94. The molecule has 0 spiro atoms. The van der Waals surface area contributed by atoms with Crippen LogP contribution in [0.3, 0.4) is 0 Å². The van der Waals surface area contributed by atoms with E-state index in [0.717, 1.165) is 0 Å². The van der Waals surface area contributed by atoms with E-state index < -0.39 is 0 Å². The highest BCUT2D eigenvalue weighted by Gasteiger charge is 2.13. The first-order valence-corrected chi connectivity index (χ1v) is 14.7. The molecule has 42 heavy (non-hydrogen) atoms. The Balaban J connectivity index is 0.00000141. The summed E-state index contributed by atoms with van der Waals surface area (Å²) in [6.07, 6.45) is 2.15. The normalized spacial score (nSPS) is 11.1. The molecule has 0 aliphatic carbocycles. The zero-order chi connectivity index (χ0) is 28.5. The fourth-order valence-corrected chi connectivity index (χ4v) is 5.99. The largest absolute Gasteiger partial charge is 0.317 e. The van der Waals surface area contributed by atoms with Crippen LogP contribution in [0.2, 0.25) is 0 Å². The van der Waals surface area contributed by atoms with Crippen LogP contribution in [0.4, 0.5) is 0 Å². The fourth-order valence-electron chi connectivity index (χ4n) is 5.99. The van der Waals surface area contributed by atoms with Gasteiger partial charge in [-0.1, -0.05) is 111 Å². The van der Waals surface area contributed by atoms with E-state index in [2.05, 4.69) is 167 Å². The van der Waals surface area contributed by atoms with E-state index in [1.54, 1.807) is 0 Å². The van der Waals surface area contributed by atoms with Crippen LogP contribution >= 0.6 is 0 Å². The number of aromatic nitrogens is 2. The Morgan fingerprint density at radius 2 is 0.929 bits per heavy atom. The van der Waals surface area contributed by atoms with Crippen molar-refractivity contribution in [2.45, 2.75) is 13.8 Å². The van der Waals surface area contributed by atoms with Crippen molar-refractivity contribution in [3.63, 3.8) is 0 Å². The van der Waals surface area contributed by atoms with Gasteiger partial charge < -0.3 is 9.13 Å². The summed E-state index contributed by atoms with van der Waals surface area (Å²) in [6.45, 7) is 4.00. The van der Waals surface area contributed by atoms with Gasteiger partial charge in [0.15, 0.2) is 0 Å². The Kier molecular flexibility index (Phi) is 6.65. The third kappa shape index (κ3) is 4.38. The Labute approximate surface area is 246 Å². The van der Waals surface area contributed by atoms with Gasteiger partial charge in [-0.25, -0.2) is 0 Å². The van der Waals surface area contributed by atoms with Crippen LogP contribution in [0.1, 0.15) is 13.8 Å². The van der Waals surface area contributed by atoms with Crippen LogP contribution in [-0.4, -0.2) is 9.13 Å². The van der Waals surface area contributed by atoms with Crippen LogP contribution in [0.5, 0.6) is 0 Å². The molecule has 0 unspecified atom stereocenters. The van der Waals surface area contributed by atoms with E-state index in [9.17, 15) is 0 Å². The molecule has 2 nitrogen and oxygen atoms in total. The van der Waals surface area contributed by atoms with E-state index >= 15 is 0 Å². The molecule has 8 aromatic rings. The summed E-state index contributed by atoms with van der Waals surface area (Å²) in [6, 6.07) is 54.6. The van der Waals surface area contributed by atoms with Crippen molar-refractivity contribution in [1.29, 1.82) is 0 Å². The van der Waals surface area contributed by atoms with E-state index in [4.69, 9.17) is 0 Å². The predicted molar refractivity (Wildman–Crippen MR) is 180 cm³/mol. The summed E-state index contributed by atoms with van der Waals surface area (Å²) in [5.41, 5.74) is 10.9. The molecule has 2 aromatic heterocycles. The van der Waals surface area contributed by atoms with Gasteiger partial charge in [-0.15, -0.1) is 0 Å². The maximum Gasteiger partial charge on any atom is 0.0541 e. The minimum Gasteiger partial charge on any atom is -0.317 e. The average Bonchev–Trinajstić information content (AvgIpc) is 3.66. The molecule has 6 aromatic carbocycles. The highest BCUT2D eigenvalue weighted by Crippen LogP contribution is 2.35. The minimum atomic E-state index is 1.17. The zero-order valence-corrected chi connectivity index (χ0v) is 23.9. The quantitative estimate of drug-likeness (QED) is 0.210. The number of para-hydroxylation sites is 2. The molecule has 8 rings (SSSR count). The van der Waals surface area contributed by atoms with Crippen molar-refractivity contribution in [2.75, 3.05) is 0 Å². The lowest BCUT2D eigenvalue weighted by molar-refractivity contribution is 1.13. The molecule has 0 atom stereocenters. The Hall–Kier alpha value is -5.34. The zero-order valence-electron chi connectivity index (χ0n) is 23.9. The van der Waals surface area contributed by atoms with Gasteiger partial charge in [-0.3, -0.25) is 0 Å². The summed E-state index contributed by atoms with van der Waals surface area (Å²) >= 11 is 0. The van der Waals surface area contributed by atoms with Crippen LogP contribution in [0.15, 0.2) is 158 Å². The van der Waals surface area contributed by atoms with E-state index in [1.165, 1.54) is 66.3 Å². The number of rotatable bonds is 4. The summed E-state index contributed by atoms with van der Waals surface area (Å²) in [4.78, 5) is 0. The first kappa shape index (κ1) is 25.6. The van der Waals surface area contributed by atoms with Gasteiger partial charge in [0.1, 0.15) is 0 Å². The molecule has 0 saturated carbocycles. The van der Waals surface area contributed by atoms with Crippen molar-refractivity contribution < 1.29 is 0 Å². The molecule has 0 bridgehead atoms. The molecule has 0 fully saturated rings. The topological polar surface area (TPSA) is 9.86 Å². The van der Waals surface area contributed by atoms with Crippen molar-refractivity contribution in [1.82, 2.24) is 9.13 Å². The third-order valence-electron chi connectivity index (χ3n) is 7.98. The van der Waals surface area contributed by atoms with Crippen molar-refractivity contribution in [3.05, 3.63) is 158 Å². The van der Waals surface area contributed by atoms with Crippen molar-refractivity contribution >= 4 is 32.7 Å². The monoisotopic (exact) mass is 540 g/mol. The number of hydrogen-bond donors (Lipinski definition) is 0. The molecule has 202 valence electrons. The number of fused-ring (bicyclic) bond motifs is 4. The maximum absolute atomic E-state index is 2.38. The Bertz CT molecular complexity index is 2130. The minimum absolute atomic E-state index is 1.17. The van der Waals surface area contributed by atoms with Crippen LogP contribution in [0.25, 0.3) is 66.3 Å². The lowest BCUT2D eigenvalue weighted by atomic mass is 10.0. The summed E-state index contributed by atoms with van der Waals surface area (Å²) in [5, 5.41) is 3.78. The van der Waals surface area contributed by atoms with Gasteiger partial charge in [0.2, 0.25) is 0 Å². The van der Waals surface area contributed by atoms with E-state index in [0.29, 0.717) is 0 Å². The Morgan fingerprint density at radius 3 is 1.69 bits per heavy atom. The smallest absolute Gasteiger partial charge is 0.0541 e. The molecule has 0 radical (unpaired) electrons. The lowest BCUT2D eigenvalue weighted by Gasteiger charge is -2.10. The number of benzene rings is 6. The summed E-state index contributed by atoms with van der Waals surface area (Å²) < 4.78 is 4.63. The van der Waals surface area contributed by atoms with Crippen LogP contribution < -0.4 is 0 Å². The molecule has 0 saturated heterocycles. The van der Waals surface area contributed by atoms with E-state index in [-0.39, 0.29) is 0 Å². The van der Waals surface area contributed by atoms with Gasteiger partial charge in [0, 0.05) is 28.3 Å². The highest BCUT2D eigenvalue weighted by atomic mass is 15.0. The SMILES string of the molecule is CC.c1ccc(-c2ccc(-n3c4ccccc4c4cc(-c5ccc(-n6ccc7ccccc76)cc5)ccc43)cc2)cc1. The second kappa shape index (κ2) is 10.9. The first-order chi connectivity index (χ1) is 20.8. The van der Waals surface area contributed by atoms with Gasteiger partial charge >= 0.3 is 0 Å². The molecular formula is C40H32N2. The van der Waals surface area contributed by atoms with E-state index in [1.807, 2.05) is 13.8 Å². The maximum atomic E-state index is 2.38. The fraction of sp³-hybridized carbons (Fsp3) is 0.0500. The molecule has 0 aliphatic rings. The van der Waals surface area contributed by atoms with Crippen LogP contribution in [-0.2, 0) is 0 Å². The van der Waals surface area contributed by atoms with Gasteiger partial charge in [0.05, 0.1) is 16.6 Å². The van der Waals surface area contributed by atoms with Crippen LogP contribution in [0, 0.1) is 0 Å². The summed E-state index contributed by atoms with van der Waals surface area (Å²) in [5.74, 6) is 0. The standard InChI is InChI=1S/C38H26N2.C2H6/c1-2-8-27(9-3-1)28-16-21-33(22-17-28)40-37-13-7-5-11-34(37)35-26-31(18-23-38(35)40)29-14-19-32(20-15-29)39-25-24-30-10-4-6-12-36(30)39;1-2/h1-26H;1-2H3. The second-order valence-corrected chi connectivity index (χ2v) is 10.3. The second-order valence-electron chi connectivity index (χ2n) is 10.3. The molecule has 2 heterocycles. The molecule has 0 amide bonds. The van der Waals surface area contributed by atoms with Gasteiger partial charge in [0.25, 0.3) is 0 Å². The average molecular weight is 541 g/mol. The molecule has 2 heteroatoms. The molecule has 0 aliphatic heterocycles. The third-order valence-corrected chi connectivity index (χ3v) is 7.98. The predicted octanol–water partition coefficient (Wildman–Crippen LogP) is 11.1. The molecule has 0 N–H and O–H groups in total. The van der Waals surface area contributed by atoms with Crippen molar-refractivity contribution in [2.24, 2.45) is 0 Å². The first-order valence-electron chi connectivity index (χ1n) is 14.7. The number of nitrogens with zero attached hydrogens (tertiary/aromatic N) is 2. The number of hydrogen-bond acceptors (Lipinski definition) is 0. The summed E-state index contributed by atoms with van der Waals surface area (Å²) in [7, 11) is 0. The highest BCUT2D eigenvalue weighted by molar-refractivity contribution is 6.10. The molecular weight excluding hydrogens is 508 g/mol.